The monoisotopic (exact) mass is 361 g/mol. The molecule has 2 aromatic heterocycles. The molecule has 0 saturated carbocycles. The zero-order valence-corrected chi connectivity index (χ0v) is 14.0. The summed E-state index contributed by atoms with van der Waals surface area (Å²) < 4.78 is 1.59. The maximum atomic E-state index is 11.7. The number of fused-ring (bicyclic) bond motifs is 1. The number of benzene rings is 2. The summed E-state index contributed by atoms with van der Waals surface area (Å²) in [5.41, 5.74) is 15.1. The van der Waals surface area contributed by atoms with Crippen LogP contribution in [0.4, 0.5) is 5.82 Å². The molecular weight excluding hydrogens is 346 g/mol. The van der Waals surface area contributed by atoms with E-state index < -0.39 is 11.9 Å². The van der Waals surface area contributed by atoms with Crippen molar-refractivity contribution >= 4 is 28.7 Å². The predicted octanol–water partition coefficient (Wildman–Crippen LogP) is 2.40. The van der Waals surface area contributed by atoms with Crippen LogP contribution in [-0.4, -0.2) is 31.7 Å². The van der Waals surface area contributed by atoms with Crippen molar-refractivity contribution in [2.24, 2.45) is 5.73 Å². The van der Waals surface area contributed by atoms with Gasteiger partial charge < -0.3 is 21.6 Å². The Balaban J connectivity index is 1.82. The molecule has 134 valence electrons. The second-order valence-electron chi connectivity index (χ2n) is 6.04. The zero-order valence-electron chi connectivity index (χ0n) is 14.0. The van der Waals surface area contributed by atoms with Crippen LogP contribution < -0.4 is 11.5 Å². The van der Waals surface area contributed by atoms with Gasteiger partial charge in [-0.1, -0.05) is 24.3 Å². The molecule has 0 fully saturated rings. The standard InChI is InChI=1S/C19H15N5O3/c20-15-9-14-16(22-15)17(18(21)25)23-24(14)13-3-1-2-12(8-13)10-4-6-11(7-5-10)19(26)27/h1-9,22H,20H2,(H2,21,25)(H,26,27). The van der Waals surface area contributed by atoms with Crippen LogP contribution in [0.1, 0.15) is 20.8 Å². The maximum absolute atomic E-state index is 11.7. The van der Waals surface area contributed by atoms with Crippen molar-refractivity contribution in [1.29, 1.82) is 0 Å². The number of aromatic carboxylic acids is 1. The minimum absolute atomic E-state index is 0.109. The van der Waals surface area contributed by atoms with E-state index in [1.165, 1.54) is 0 Å². The largest absolute Gasteiger partial charge is 0.478 e. The Hall–Kier alpha value is -4.07. The van der Waals surface area contributed by atoms with Crippen LogP contribution >= 0.6 is 0 Å². The lowest BCUT2D eigenvalue weighted by Crippen LogP contribution is -2.13. The highest BCUT2D eigenvalue weighted by atomic mass is 16.4. The molecule has 6 N–H and O–H groups in total. The van der Waals surface area contributed by atoms with Crippen LogP contribution in [0.3, 0.4) is 0 Å². The van der Waals surface area contributed by atoms with Crippen molar-refractivity contribution in [3.63, 3.8) is 0 Å². The normalized spacial score (nSPS) is 11.0. The third-order valence-electron chi connectivity index (χ3n) is 4.27. The molecule has 2 aromatic carbocycles. The Morgan fingerprint density at radius 1 is 1.04 bits per heavy atom. The van der Waals surface area contributed by atoms with E-state index in [1.54, 1.807) is 35.0 Å². The van der Waals surface area contributed by atoms with Gasteiger partial charge in [0.05, 0.1) is 22.3 Å². The number of primary amides is 1. The number of rotatable bonds is 4. The van der Waals surface area contributed by atoms with E-state index in [-0.39, 0.29) is 11.3 Å². The summed E-state index contributed by atoms with van der Waals surface area (Å²) in [6.45, 7) is 0. The third kappa shape index (κ3) is 2.78. The van der Waals surface area contributed by atoms with Gasteiger partial charge in [-0.3, -0.25) is 4.79 Å². The molecule has 27 heavy (non-hydrogen) atoms. The highest BCUT2D eigenvalue weighted by Gasteiger charge is 2.18. The fourth-order valence-electron chi connectivity index (χ4n) is 3.01. The Morgan fingerprint density at radius 3 is 2.44 bits per heavy atom. The molecule has 0 radical (unpaired) electrons. The molecule has 0 aliphatic heterocycles. The van der Waals surface area contributed by atoms with E-state index in [1.807, 2.05) is 24.3 Å². The van der Waals surface area contributed by atoms with E-state index >= 15 is 0 Å². The molecule has 0 atom stereocenters. The minimum atomic E-state index is -0.974. The number of carbonyl (C=O) groups excluding carboxylic acids is 1. The van der Waals surface area contributed by atoms with Gasteiger partial charge in [0.2, 0.25) is 0 Å². The minimum Gasteiger partial charge on any atom is -0.478 e. The van der Waals surface area contributed by atoms with Crippen LogP contribution in [0.5, 0.6) is 0 Å². The number of carbonyl (C=O) groups is 2. The molecule has 2 heterocycles. The van der Waals surface area contributed by atoms with Crippen molar-refractivity contribution in [2.45, 2.75) is 0 Å². The molecule has 8 heteroatoms. The number of anilines is 1. The topological polar surface area (TPSA) is 140 Å². The molecule has 0 spiro atoms. The predicted molar refractivity (Wildman–Crippen MR) is 101 cm³/mol. The fourth-order valence-corrected chi connectivity index (χ4v) is 3.01. The third-order valence-corrected chi connectivity index (χ3v) is 4.27. The number of H-pyrrole nitrogens is 1. The molecule has 1 amide bonds. The molecular formula is C19H15N5O3. The number of amides is 1. The molecule has 0 aliphatic carbocycles. The van der Waals surface area contributed by atoms with Gasteiger partial charge in [0, 0.05) is 6.07 Å². The van der Waals surface area contributed by atoms with E-state index in [0.717, 1.165) is 11.1 Å². The lowest BCUT2D eigenvalue weighted by atomic mass is 10.0. The number of carboxylic acids is 1. The van der Waals surface area contributed by atoms with Crippen LogP contribution in [0, 0.1) is 0 Å². The average molecular weight is 361 g/mol. The van der Waals surface area contributed by atoms with Crippen LogP contribution in [-0.2, 0) is 0 Å². The van der Waals surface area contributed by atoms with Gasteiger partial charge in [-0.15, -0.1) is 0 Å². The van der Waals surface area contributed by atoms with Crippen molar-refractivity contribution < 1.29 is 14.7 Å². The summed E-state index contributed by atoms with van der Waals surface area (Å²) in [4.78, 5) is 25.6. The van der Waals surface area contributed by atoms with Crippen molar-refractivity contribution in [3.05, 3.63) is 65.9 Å². The first-order valence-corrected chi connectivity index (χ1v) is 8.05. The number of aromatic nitrogens is 3. The van der Waals surface area contributed by atoms with Gasteiger partial charge in [-0.2, -0.15) is 5.10 Å². The number of nitrogen functional groups attached to an aromatic ring is 1. The first kappa shape index (κ1) is 16.4. The summed E-state index contributed by atoms with van der Waals surface area (Å²) in [7, 11) is 0. The van der Waals surface area contributed by atoms with E-state index in [0.29, 0.717) is 22.5 Å². The molecule has 0 saturated heterocycles. The van der Waals surface area contributed by atoms with Crippen LogP contribution in [0.15, 0.2) is 54.6 Å². The zero-order chi connectivity index (χ0) is 19.1. The Kier molecular flexibility index (Phi) is 3.66. The van der Waals surface area contributed by atoms with E-state index in [2.05, 4.69) is 10.1 Å². The van der Waals surface area contributed by atoms with Gasteiger partial charge in [0.25, 0.3) is 5.91 Å². The highest BCUT2D eigenvalue weighted by molar-refractivity contribution is 6.04. The average Bonchev–Trinajstić information content (AvgIpc) is 3.19. The maximum Gasteiger partial charge on any atom is 0.335 e. The summed E-state index contributed by atoms with van der Waals surface area (Å²) >= 11 is 0. The number of aromatic amines is 1. The van der Waals surface area contributed by atoms with Gasteiger partial charge in [0.15, 0.2) is 5.69 Å². The van der Waals surface area contributed by atoms with Crippen molar-refractivity contribution in [1.82, 2.24) is 14.8 Å². The van der Waals surface area contributed by atoms with Crippen LogP contribution in [0.2, 0.25) is 0 Å². The van der Waals surface area contributed by atoms with Crippen LogP contribution in [0.25, 0.3) is 27.8 Å². The Morgan fingerprint density at radius 2 is 1.78 bits per heavy atom. The summed E-state index contributed by atoms with van der Waals surface area (Å²) in [5, 5.41) is 13.3. The molecule has 0 unspecified atom stereocenters. The first-order chi connectivity index (χ1) is 12.9. The van der Waals surface area contributed by atoms with Gasteiger partial charge in [0.1, 0.15) is 5.82 Å². The Bertz CT molecular complexity index is 1190. The molecule has 0 bridgehead atoms. The van der Waals surface area contributed by atoms with Crippen molar-refractivity contribution in [2.75, 3.05) is 5.73 Å². The van der Waals surface area contributed by atoms with Gasteiger partial charge >= 0.3 is 5.97 Å². The highest BCUT2D eigenvalue weighted by Crippen LogP contribution is 2.27. The lowest BCUT2D eigenvalue weighted by molar-refractivity contribution is 0.0696. The number of carboxylic acid groups (broad SMARTS) is 1. The second kappa shape index (κ2) is 6.03. The quantitative estimate of drug-likeness (QED) is 0.442. The molecule has 4 aromatic rings. The number of nitrogens with one attached hydrogen (secondary N) is 1. The van der Waals surface area contributed by atoms with Gasteiger partial charge in [-0.05, 0) is 35.4 Å². The number of hydrogen-bond donors (Lipinski definition) is 4. The second-order valence-corrected chi connectivity index (χ2v) is 6.04. The number of nitrogens with zero attached hydrogens (tertiary/aromatic N) is 2. The Labute approximate surface area is 153 Å². The SMILES string of the molecule is NC(=O)c1nn(-c2cccc(-c3ccc(C(=O)O)cc3)c2)c2cc(N)[nH]c12. The fraction of sp³-hybridized carbons (Fsp3) is 0. The lowest BCUT2D eigenvalue weighted by Gasteiger charge is -2.07. The molecule has 0 aliphatic rings. The number of nitrogens with two attached hydrogens (primary N) is 2. The smallest absolute Gasteiger partial charge is 0.335 e. The summed E-state index contributed by atoms with van der Waals surface area (Å²) in [6, 6.07) is 15.7. The van der Waals surface area contributed by atoms with E-state index in [4.69, 9.17) is 16.6 Å². The molecule has 4 rings (SSSR count). The summed E-state index contributed by atoms with van der Waals surface area (Å²) in [6.07, 6.45) is 0. The number of hydrogen-bond acceptors (Lipinski definition) is 4. The summed E-state index contributed by atoms with van der Waals surface area (Å²) in [5.74, 6) is -1.22. The first-order valence-electron chi connectivity index (χ1n) is 8.05. The molecule has 8 nitrogen and oxygen atoms in total. The van der Waals surface area contributed by atoms with Gasteiger partial charge in [-0.25, -0.2) is 9.48 Å². The van der Waals surface area contributed by atoms with Crippen molar-refractivity contribution in [3.8, 4) is 16.8 Å². The van der Waals surface area contributed by atoms with E-state index in [9.17, 15) is 9.59 Å².